The van der Waals surface area contributed by atoms with Gasteiger partial charge in [0.2, 0.25) is 11.8 Å². The van der Waals surface area contributed by atoms with Crippen LogP contribution in [0.1, 0.15) is 33.6 Å². The number of rotatable bonds is 9. The largest absolute Gasteiger partial charge is 0.336 e. The van der Waals surface area contributed by atoms with Crippen molar-refractivity contribution in [2.24, 2.45) is 0 Å². The minimum absolute atomic E-state index is 0.0667. The molecule has 1 aliphatic rings. The van der Waals surface area contributed by atoms with E-state index in [1.807, 2.05) is 78.6 Å². The van der Waals surface area contributed by atoms with Crippen molar-refractivity contribution < 1.29 is 9.59 Å². The van der Waals surface area contributed by atoms with Crippen molar-refractivity contribution in [2.45, 2.75) is 38.9 Å². The summed E-state index contributed by atoms with van der Waals surface area (Å²) in [5.74, 6) is 0.321. The number of aryl methyl sites for hydroxylation is 1. The topological polar surface area (TPSA) is 97.1 Å². The maximum absolute atomic E-state index is 14.4. The molecule has 1 unspecified atom stereocenters. The Morgan fingerprint density at radius 1 is 0.909 bits per heavy atom. The van der Waals surface area contributed by atoms with Crippen molar-refractivity contribution >= 4 is 17.9 Å². The van der Waals surface area contributed by atoms with Gasteiger partial charge >= 0.3 is 0 Å². The summed E-state index contributed by atoms with van der Waals surface area (Å²) in [5, 5.41) is 4.20. The van der Waals surface area contributed by atoms with Crippen molar-refractivity contribution in [3.05, 3.63) is 144 Å². The van der Waals surface area contributed by atoms with Crippen molar-refractivity contribution in [1.82, 2.24) is 34.5 Å². The van der Waals surface area contributed by atoms with E-state index >= 15 is 0 Å². The van der Waals surface area contributed by atoms with Crippen LogP contribution in [0.5, 0.6) is 0 Å². The number of hydrogen-bond donors (Lipinski definition) is 0. The zero-order valence-corrected chi connectivity index (χ0v) is 24.5. The van der Waals surface area contributed by atoms with E-state index in [9.17, 15) is 9.59 Å². The van der Waals surface area contributed by atoms with Crippen LogP contribution in [0.2, 0.25) is 0 Å². The van der Waals surface area contributed by atoms with Gasteiger partial charge in [0, 0.05) is 50.1 Å². The van der Waals surface area contributed by atoms with Gasteiger partial charge in [0.05, 0.1) is 5.69 Å². The molecule has 1 aliphatic heterocycles. The number of benzene rings is 3. The average Bonchev–Trinajstić information content (AvgIpc) is 3.61. The first-order valence-corrected chi connectivity index (χ1v) is 14.6. The summed E-state index contributed by atoms with van der Waals surface area (Å²) in [6, 6.07) is 25.2. The van der Waals surface area contributed by atoms with Crippen LogP contribution < -0.4 is 0 Å². The highest BCUT2D eigenvalue weighted by molar-refractivity contribution is 5.95. The number of carbonyl (C=O) groups excluding carboxylic acids is 2. The summed E-state index contributed by atoms with van der Waals surface area (Å²) >= 11 is 0. The number of aromatic nitrogens is 5. The first-order valence-electron chi connectivity index (χ1n) is 14.6. The van der Waals surface area contributed by atoms with Crippen molar-refractivity contribution in [3.63, 3.8) is 0 Å². The van der Waals surface area contributed by atoms with E-state index in [1.54, 1.807) is 34.4 Å². The fourth-order valence-electron chi connectivity index (χ4n) is 5.45. The molecule has 0 spiro atoms. The number of fused-ring (bicyclic) bond motifs is 1. The van der Waals surface area contributed by atoms with Gasteiger partial charge in [-0.25, -0.2) is 19.6 Å². The monoisotopic (exact) mass is 583 g/mol. The van der Waals surface area contributed by atoms with Crippen molar-refractivity contribution in [2.75, 3.05) is 6.54 Å². The summed E-state index contributed by atoms with van der Waals surface area (Å²) in [5.41, 5.74) is 5.85. The molecule has 9 nitrogen and oxygen atoms in total. The van der Waals surface area contributed by atoms with E-state index in [0.717, 1.165) is 28.8 Å². The van der Waals surface area contributed by atoms with E-state index in [-0.39, 0.29) is 18.4 Å². The number of carbonyl (C=O) groups is 2. The van der Waals surface area contributed by atoms with Gasteiger partial charge in [-0.3, -0.25) is 9.59 Å². The van der Waals surface area contributed by atoms with Gasteiger partial charge in [0.25, 0.3) is 0 Å². The summed E-state index contributed by atoms with van der Waals surface area (Å²) < 4.78 is 1.68. The second-order valence-electron chi connectivity index (χ2n) is 10.9. The lowest BCUT2D eigenvalue weighted by Gasteiger charge is -2.37. The SMILES string of the molecule is Cc1ncc(C=CC(=O)N(Cc2ccc(-n3cncn3)cc2)C(Cc2ccccc2)C(=O)N2CCc3ccccc3C2)cn1. The zero-order valence-electron chi connectivity index (χ0n) is 24.5. The molecule has 3 aromatic carbocycles. The van der Waals surface area contributed by atoms with Gasteiger partial charge in [-0.15, -0.1) is 0 Å². The number of nitrogens with zero attached hydrogens (tertiary/aromatic N) is 7. The minimum Gasteiger partial charge on any atom is -0.336 e. The molecule has 0 radical (unpaired) electrons. The molecule has 5 aromatic rings. The maximum Gasteiger partial charge on any atom is 0.247 e. The predicted molar refractivity (Wildman–Crippen MR) is 167 cm³/mol. The van der Waals surface area contributed by atoms with E-state index in [0.29, 0.717) is 30.9 Å². The molecule has 3 heterocycles. The third-order valence-electron chi connectivity index (χ3n) is 7.85. The number of amides is 2. The highest BCUT2D eigenvalue weighted by Gasteiger charge is 2.34. The van der Waals surface area contributed by atoms with E-state index in [4.69, 9.17) is 0 Å². The van der Waals surface area contributed by atoms with Crippen LogP contribution in [-0.2, 0) is 35.5 Å². The summed E-state index contributed by atoms with van der Waals surface area (Å²) in [7, 11) is 0. The highest BCUT2D eigenvalue weighted by Crippen LogP contribution is 2.23. The van der Waals surface area contributed by atoms with Crippen LogP contribution in [0.3, 0.4) is 0 Å². The normalized spacial score (nSPS) is 13.4. The summed E-state index contributed by atoms with van der Waals surface area (Å²) in [6.07, 6.45) is 10.9. The molecule has 2 aromatic heterocycles. The van der Waals surface area contributed by atoms with Crippen LogP contribution in [-0.4, -0.2) is 58.9 Å². The Morgan fingerprint density at radius 3 is 2.36 bits per heavy atom. The van der Waals surface area contributed by atoms with Crippen LogP contribution in [0.4, 0.5) is 0 Å². The third-order valence-corrected chi connectivity index (χ3v) is 7.85. The third kappa shape index (κ3) is 6.78. The molecular formula is C35H33N7O2. The molecule has 0 saturated heterocycles. The van der Waals surface area contributed by atoms with Crippen molar-refractivity contribution in [3.8, 4) is 5.69 Å². The Hall–Kier alpha value is -5.44. The lowest BCUT2D eigenvalue weighted by molar-refractivity contribution is -0.144. The van der Waals surface area contributed by atoms with Crippen molar-refractivity contribution in [1.29, 1.82) is 0 Å². The van der Waals surface area contributed by atoms with E-state index in [2.05, 4.69) is 32.2 Å². The van der Waals surface area contributed by atoms with Gasteiger partial charge in [-0.05, 0) is 53.8 Å². The lowest BCUT2D eigenvalue weighted by atomic mass is 9.97. The zero-order chi connectivity index (χ0) is 30.3. The first-order chi connectivity index (χ1) is 21.5. The van der Waals surface area contributed by atoms with Crippen LogP contribution in [0, 0.1) is 6.92 Å². The molecular weight excluding hydrogens is 550 g/mol. The molecule has 6 rings (SSSR count). The highest BCUT2D eigenvalue weighted by atomic mass is 16.2. The fourth-order valence-corrected chi connectivity index (χ4v) is 5.45. The molecule has 9 heteroatoms. The molecule has 0 fully saturated rings. The quantitative estimate of drug-likeness (QED) is 0.235. The molecule has 0 bridgehead atoms. The molecule has 0 N–H and O–H groups in total. The van der Waals surface area contributed by atoms with Gasteiger partial charge < -0.3 is 9.80 Å². The fraction of sp³-hybridized carbons (Fsp3) is 0.200. The average molecular weight is 584 g/mol. The van der Waals surface area contributed by atoms with Crippen LogP contribution >= 0.6 is 0 Å². The molecule has 220 valence electrons. The summed E-state index contributed by atoms with van der Waals surface area (Å²) in [4.78, 5) is 44.6. The van der Waals surface area contributed by atoms with Gasteiger partial charge in [0.1, 0.15) is 24.5 Å². The Kier molecular flexibility index (Phi) is 8.63. The first kappa shape index (κ1) is 28.7. The maximum atomic E-state index is 14.4. The standard InChI is InChI=1S/C35H33N7O2/c1-26-37-20-29(21-38-26)13-16-34(43)41(22-28-11-14-32(15-12-28)42-25-36-24-39-42)33(19-27-7-3-2-4-8-27)35(44)40-18-17-30-9-5-6-10-31(30)23-40/h2-16,20-21,24-25,33H,17-19,22-23H2,1H3. The Morgan fingerprint density at radius 2 is 1.64 bits per heavy atom. The van der Waals surface area contributed by atoms with E-state index in [1.165, 1.54) is 18.0 Å². The molecule has 0 aliphatic carbocycles. The molecule has 2 amide bonds. The Bertz CT molecular complexity index is 1730. The predicted octanol–water partition coefficient (Wildman–Crippen LogP) is 4.60. The van der Waals surface area contributed by atoms with Crippen LogP contribution in [0.15, 0.2) is 110 Å². The molecule has 1 atom stereocenters. The van der Waals surface area contributed by atoms with Crippen LogP contribution in [0.25, 0.3) is 11.8 Å². The minimum atomic E-state index is -0.718. The molecule has 44 heavy (non-hydrogen) atoms. The second-order valence-corrected chi connectivity index (χ2v) is 10.9. The molecule has 0 saturated carbocycles. The Balaban J connectivity index is 1.34. The Labute approximate surface area is 256 Å². The van der Waals surface area contributed by atoms with Gasteiger partial charge in [-0.1, -0.05) is 66.7 Å². The lowest BCUT2D eigenvalue weighted by Crippen LogP contribution is -2.52. The van der Waals surface area contributed by atoms with Gasteiger partial charge in [-0.2, -0.15) is 5.10 Å². The number of hydrogen-bond acceptors (Lipinski definition) is 6. The smallest absolute Gasteiger partial charge is 0.247 e. The van der Waals surface area contributed by atoms with Gasteiger partial charge in [0.15, 0.2) is 0 Å². The summed E-state index contributed by atoms with van der Waals surface area (Å²) in [6.45, 7) is 3.18. The van der Waals surface area contributed by atoms with E-state index < -0.39 is 6.04 Å². The second kappa shape index (κ2) is 13.2.